The Balaban J connectivity index is 1.93. The minimum absolute atomic E-state index is 0.131. The second-order valence-corrected chi connectivity index (χ2v) is 7.62. The van der Waals surface area contributed by atoms with Gasteiger partial charge in [0.25, 0.3) is 0 Å². The molecule has 170 valence electrons. The fraction of sp³-hybridized carbons (Fsp3) is 0.571. The Morgan fingerprint density at radius 1 is 1.39 bits per heavy atom. The van der Waals surface area contributed by atoms with E-state index in [1.54, 1.807) is 18.9 Å². The first-order chi connectivity index (χ1) is 14.8. The van der Waals surface area contributed by atoms with E-state index in [0.29, 0.717) is 37.4 Å². The summed E-state index contributed by atoms with van der Waals surface area (Å²) in [5.74, 6) is -0.123. The molecule has 1 aromatic heterocycles. The fourth-order valence-electron chi connectivity index (χ4n) is 3.78. The third-order valence-corrected chi connectivity index (χ3v) is 5.65. The summed E-state index contributed by atoms with van der Waals surface area (Å²) in [7, 11) is 4.45. The van der Waals surface area contributed by atoms with E-state index < -0.39 is 11.9 Å². The Labute approximate surface area is 181 Å². The molecule has 0 bridgehead atoms. The van der Waals surface area contributed by atoms with Crippen molar-refractivity contribution in [2.24, 2.45) is 0 Å². The Kier molecular flexibility index (Phi) is 7.32. The average molecular weight is 436 g/mol. The zero-order chi connectivity index (χ0) is 22.5. The van der Waals surface area contributed by atoms with Crippen molar-refractivity contribution in [3.8, 4) is 5.88 Å². The minimum Gasteiger partial charge on any atom is -0.480 e. The summed E-state index contributed by atoms with van der Waals surface area (Å²) in [5.41, 5.74) is 2.11. The number of halogens is 1. The maximum absolute atomic E-state index is 14.2. The second kappa shape index (κ2) is 9.95. The second-order valence-electron chi connectivity index (χ2n) is 7.62. The van der Waals surface area contributed by atoms with Crippen LogP contribution in [0.25, 0.3) is 0 Å². The van der Waals surface area contributed by atoms with Crippen molar-refractivity contribution in [1.29, 1.82) is 5.41 Å². The van der Waals surface area contributed by atoms with Gasteiger partial charge in [-0.3, -0.25) is 5.41 Å². The molecule has 0 aliphatic carbocycles. The van der Waals surface area contributed by atoms with E-state index in [1.807, 2.05) is 0 Å². The number of ether oxygens (including phenoxy) is 3. The van der Waals surface area contributed by atoms with Crippen LogP contribution in [0.1, 0.15) is 25.0 Å². The van der Waals surface area contributed by atoms with Crippen LogP contribution in [-0.2, 0) is 9.47 Å². The topological polar surface area (TPSA) is 100 Å². The molecule has 1 aromatic rings. The molecule has 2 aliphatic rings. The van der Waals surface area contributed by atoms with Gasteiger partial charge in [0.2, 0.25) is 5.88 Å². The SMILES string of the molecule is COC(=O)N1CCC(NC2CCOCC2)=C(C(=N)N(C)c2cc(F)c(C)nc2OC)C1. The summed E-state index contributed by atoms with van der Waals surface area (Å²) in [6.45, 7) is 3.64. The van der Waals surface area contributed by atoms with Crippen molar-refractivity contribution in [3.63, 3.8) is 0 Å². The Morgan fingerprint density at radius 2 is 2.10 bits per heavy atom. The van der Waals surface area contributed by atoms with Crippen LogP contribution in [0.5, 0.6) is 5.88 Å². The minimum atomic E-state index is -0.482. The average Bonchev–Trinajstić information content (AvgIpc) is 2.80. The normalized spacial score (nSPS) is 17.4. The highest BCUT2D eigenvalue weighted by molar-refractivity contribution is 6.09. The number of aryl methyl sites for hydroxylation is 1. The van der Waals surface area contributed by atoms with Gasteiger partial charge in [-0.2, -0.15) is 0 Å². The summed E-state index contributed by atoms with van der Waals surface area (Å²) in [6, 6.07) is 1.55. The lowest BCUT2D eigenvalue weighted by Gasteiger charge is -2.35. The van der Waals surface area contributed by atoms with Gasteiger partial charge < -0.3 is 29.3 Å². The molecular weight excluding hydrogens is 405 g/mol. The first kappa shape index (κ1) is 22.8. The summed E-state index contributed by atoms with van der Waals surface area (Å²) >= 11 is 0. The highest BCUT2D eigenvalue weighted by Gasteiger charge is 2.30. The zero-order valence-corrected chi connectivity index (χ0v) is 18.5. The van der Waals surface area contributed by atoms with Gasteiger partial charge in [0.15, 0.2) is 0 Å². The molecule has 2 N–H and O–H groups in total. The van der Waals surface area contributed by atoms with Crippen LogP contribution >= 0.6 is 0 Å². The lowest BCUT2D eigenvalue weighted by atomic mass is 10.0. The van der Waals surface area contributed by atoms with E-state index in [-0.39, 0.29) is 30.0 Å². The van der Waals surface area contributed by atoms with Crippen LogP contribution in [0.4, 0.5) is 14.9 Å². The number of rotatable bonds is 5. The largest absolute Gasteiger partial charge is 0.480 e. The number of hydrogen-bond donors (Lipinski definition) is 2. The molecule has 0 atom stereocenters. The lowest BCUT2D eigenvalue weighted by molar-refractivity contribution is 0.0796. The van der Waals surface area contributed by atoms with E-state index in [0.717, 1.165) is 18.5 Å². The van der Waals surface area contributed by atoms with Gasteiger partial charge >= 0.3 is 6.09 Å². The standard InChI is InChI=1S/C21H30FN5O4/c1-13-16(22)11-18(20(24-13)29-3)26(2)19(23)15-12-27(21(28)30-4)8-5-17(15)25-14-6-9-31-10-7-14/h11,14,23,25H,5-10,12H2,1-4H3. The Hall–Kier alpha value is -2.88. The number of amidine groups is 1. The highest BCUT2D eigenvalue weighted by Crippen LogP contribution is 2.30. The van der Waals surface area contributed by atoms with Crippen LogP contribution in [0, 0.1) is 18.2 Å². The number of amides is 1. The molecule has 10 heteroatoms. The molecule has 9 nitrogen and oxygen atoms in total. The number of methoxy groups -OCH3 is 2. The van der Waals surface area contributed by atoms with Crippen LogP contribution in [0.15, 0.2) is 17.3 Å². The molecule has 3 heterocycles. The number of carbonyl (C=O) groups is 1. The molecule has 1 fully saturated rings. The summed E-state index contributed by atoms with van der Waals surface area (Å²) in [6.07, 6.45) is 1.87. The lowest BCUT2D eigenvalue weighted by Crippen LogP contribution is -2.45. The van der Waals surface area contributed by atoms with E-state index >= 15 is 0 Å². The molecule has 0 aromatic carbocycles. The number of nitrogens with zero attached hydrogens (tertiary/aromatic N) is 3. The molecule has 1 saturated heterocycles. The van der Waals surface area contributed by atoms with Crippen LogP contribution in [-0.4, -0.2) is 75.4 Å². The number of likely N-dealkylation sites (N-methyl/N-ethyl adjacent to an activating group) is 1. The number of pyridine rings is 1. The van der Waals surface area contributed by atoms with Gasteiger partial charge in [0.05, 0.1) is 26.5 Å². The number of carbonyl (C=O) groups excluding carboxylic acids is 1. The predicted octanol–water partition coefficient (Wildman–Crippen LogP) is 2.45. The quantitative estimate of drug-likeness (QED) is 0.541. The number of aromatic nitrogens is 1. The van der Waals surface area contributed by atoms with Crippen LogP contribution < -0.4 is 15.0 Å². The molecule has 0 unspecified atom stereocenters. The van der Waals surface area contributed by atoms with E-state index in [2.05, 4.69) is 10.3 Å². The van der Waals surface area contributed by atoms with Crippen molar-refractivity contribution in [2.75, 3.05) is 52.5 Å². The van der Waals surface area contributed by atoms with Crippen molar-refractivity contribution < 1.29 is 23.4 Å². The van der Waals surface area contributed by atoms with E-state index in [4.69, 9.17) is 19.6 Å². The number of anilines is 1. The Bertz CT molecular complexity index is 870. The van der Waals surface area contributed by atoms with Crippen LogP contribution in [0.3, 0.4) is 0 Å². The molecule has 0 spiro atoms. The summed E-state index contributed by atoms with van der Waals surface area (Å²) in [4.78, 5) is 19.4. The molecule has 31 heavy (non-hydrogen) atoms. The van der Waals surface area contributed by atoms with Crippen molar-refractivity contribution >= 4 is 17.6 Å². The van der Waals surface area contributed by atoms with Gasteiger partial charge in [-0.25, -0.2) is 14.2 Å². The molecular formula is C21H30FN5O4. The summed E-state index contributed by atoms with van der Waals surface area (Å²) in [5, 5.41) is 12.4. The molecule has 3 rings (SSSR count). The monoisotopic (exact) mass is 435 g/mol. The Morgan fingerprint density at radius 3 is 2.74 bits per heavy atom. The first-order valence-electron chi connectivity index (χ1n) is 10.3. The molecule has 1 amide bonds. The van der Waals surface area contributed by atoms with Crippen LogP contribution in [0.2, 0.25) is 0 Å². The van der Waals surface area contributed by atoms with E-state index in [9.17, 15) is 9.18 Å². The van der Waals surface area contributed by atoms with Crippen molar-refractivity contribution in [2.45, 2.75) is 32.2 Å². The molecule has 0 saturated carbocycles. The van der Waals surface area contributed by atoms with Gasteiger partial charge in [0.1, 0.15) is 17.3 Å². The summed E-state index contributed by atoms with van der Waals surface area (Å²) < 4.78 is 29.9. The maximum Gasteiger partial charge on any atom is 0.409 e. The van der Waals surface area contributed by atoms with E-state index in [1.165, 1.54) is 25.2 Å². The highest BCUT2D eigenvalue weighted by atomic mass is 19.1. The third kappa shape index (κ3) is 5.07. The maximum atomic E-state index is 14.2. The smallest absolute Gasteiger partial charge is 0.409 e. The third-order valence-electron chi connectivity index (χ3n) is 5.65. The van der Waals surface area contributed by atoms with Gasteiger partial charge in [-0.15, -0.1) is 0 Å². The van der Waals surface area contributed by atoms with Crippen molar-refractivity contribution in [1.82, 2.24) is 15.2 Å². The number of nitrogens with one attached hydrogen (secondary N) is 2. The molecule has 0 radical (unpaired) electrons. The zero-order valence-electron chi connectivity index (χ0n) is 18.5. The molecule has 2 aliphatic heterocycles. The predicted molar refractivity (Wildman–Crippen MR) is 114 cm³/mol. The van der Waals surface area contributed by atoms with Gasteiger partial charge in [-0.05, 0) is 19.8 Å². The first-order valence-corrected chi connectivity index (χ1v) is 10.3. The van der Waals surface area contributed by atoms with Gasteiger partial charge in [-0.1, -0.05) is 0 Å². The van der Waals surface area contributed by atoms with Crippen molar-refractivity contribution in [3.05, 3.63) is 28.8 Å². The fourth-order valence-corrected chi connectivity index (χ4v) is 3.78. The van der Waals surface area contributed by atoms with Gasteiger partial charge in [0, 0.05) is 56.6 Å². The number of hydrogen-bond acceptors (Lipinski definition) is 7.